The summed E-state index contributed by atoms with van der Waals surface area (Å²) in [6.45, 7) is 9.42. The summed E-state index contributed by atoms with van der Waals surface area (Å²) in [5.41, 5.74) is -0.106. The summed E-state index contributed by atoms with van der Waals surface area (Å²) in [4.78, 5) is 14.7. The molecule has 7 nitrogen and oxygen atoms in total. The molecule has 7 heteroatoms. The zero-order chi connectivity index (χ0) is 14.6. The van der Waals surface area contributed by atoms with E-state index in [2.05, 4.69) is 41.3 Å². The molecule has 19 heavy (non-hydrogen) atoms. The molecular weight excluding hydrogens is 246 g/mol. The van der Waals surface area contributed by atoms with E-state index < -0.39 is 0 Å². The van der Waals surface area contributed by atoms with Gasteiger partial charge in [-0.1, -0.05) is 0 Å². The summed E-state index contributed by atoms with van der Waals surface area (Å²) in [7, 11) is 4.05. The molecule has 0 atom stereocenters. The predicted octanol–water partition coefficient (Wildman–Crippen LogP) is 0.219. The van der Waals surface area contributed by atoms with Gasteiger partial charge < -0.3 is 4.90 Å². The van der Waals surface area contributed by atoms with Crippen LogP contribution in [0, 0.1) is 0 Å². The lowest BCUT2D eigenvalue weighted by atomic mass is 10.1. The molecule has 1 heterocycles. The number of carbonyl (C=O) groups is 1. The van der Waals surface area contributed by atoms with Crippen molar-refractivity contribution in [3.05, 3.63) is 6.20 Å². The number of aromatic nitrogens is 2. The van der Waals surface area contributed by atoms with E-state index in [4.69, 9.17) is 4.52 Å². The topological polar surface area (TPSA) is 65.5 Å². The monoisotopic (exact) mass is 270 g/mol. The van der Waals surface area contributed by atoms with Crippen LogP contribution < -0.4 is 15.1 Å². The molecule has 0 saturated carbocycles. The van der Waals surface area contributed by atoms with Crippen molar-refractivity contribution in [1.29, 1.82) is 0 Å². The molecular formula is C12H24N5O2+. The second-order valence-corrected chi connectivity index (χ2v) is 5.77. The van der Waals surface area contributed by atoms with E-state index in [9.17, 15) is 4.79 Å². The Kier molecular flexibility index (Phi) is 4.88. The molecule has 0 radical (unpaired) electrons. The molecule has 1 amide bonds. The van der Waals surface area contributed by atoms with Crippen LogP contribution in [0.25, 0.3) is 0 Å². The van der Waals surface area contributed by atoms with Gasteiger partial charge in [-0.15, -0.1) is 5.01 Å². The maximum absolute atomic E-state index is 11.0. The summed E-state index contributed by atoms with van der Waals surface area (Å²) >= 11 is 0. The highest BCUT2D eigenvalue weighted by molar-refractivity contribution is 5.86. The molecule has 0 spiro atoms. The Morgan fingerprint density at radius 2 is 2.05 bits per heavy atom. The molecule has 1 aromatic heterocycles. The third-order valence-corrected chi connectivity index (χ3v) is 2.54. The van der Waals surface area contributed by atoms with E-state index in [1.807, 2.05) is 14.1 Å². The van der Waals surface area contributed by atoms with Crippen LogP contribution >= 0.6 is 0 Å². The van der Waals surface area contributed by atoms with Gasteiger partial charge in [0, 0.05) is 13.5 Å². The van der Waals surface area contributed by atoms with Gasteiger partial charge in [-0.2, -0.15) is 0 Å². The van der Waals surface area contributed by atoms with Gasteiger partial charge in [0.05, 0.1) is 16.9 Å². The van der Waals surface area contributed by atoms with Crippen LogP contribution in [0.2, 0.25) is 0 Å². The van der Waals surface area contributed by atoms with Gasteiger partial charge in [-0.25, -0.2) is 0 Å². The Morgan fingerprint density at radius 3 is 2.53 bits per heavy atom. The maximum atomic E-state index is 11.0. The number of rotatable bonds is 5. The number of hydrogen-bond donors (Lipinski definition) is 1. The molecule has 0 bridgehead atoms. The maximum Gasteiger partial charge on any atom is 0.305 e. The lowest BCUT2D eigenvalue weighted by Gasteiger charge is -2.28. The SMILES string of the molecule is CC(=O)Nc1c[n+](N(CCN(C)C)C(C)(C)C)no1. The minimum atomic E-state index is -0.182. The van der Waals surface area contributed by atoms with Crippen molar-refractivity contribution in [3.63, 3.8) is 0 Å². The summed E-state index contributed by atoms with van der Waals surface area (Å²) in [6.07, 6.45) is 1.67. The van der Waals surface area contributed by atoms with Crippen molar-refractivity contribution in [2.24, 2.45) is 0 Å². The second kappa shape index (κ2) is 6.01. The summed E-state index contributed by atoms with van der Waals surface area (Å²) in [6, 6.07) is 0. The minimum Gasteiger partial charge on any atom is -0.307 e. The average molecular weight is 270 g/mol. The van der Waals surface area contributed by atoms with Gasteiger partial charge in [0.1, 0.15) is 0 Å². The molecule has 108 valence electrons. The van der Waals surface area contributed by atoms with Crippen LogP contribution in [0.1, 0.15) is 27.7 Å². The van der Waals surface area contributed by atoms with Crippen LogP contribution in [0.15, 0.2) is 10.7 Å². The molecule has 0 saturated heterocycles. The van der Waals surface area contributed by atoms with Gasteiger partial charge >= 0.3 is 5.88 Å². The predicted molar refractivity (Wildman–Crippen MR) is 72.4 cm³/mol. The fourth-order valence-corrected chi connectivity index (χ4v) is 1.62. The van der Waals surface area contributed by atoms with Gasteiger partial charge in [-0.05, 0) is 34.9 Å². The van der Waals surface area contributed by atoms with Crippen molar-refractivity contribution < 1.29 is 14.1 Å². The number of likely N-dealkylation sites (N-methyl/N-ethyl adjacent to an activating group) is 1. The van der Waals surface area contributed by atoms with Crippen molar-refractivity contribution in [3.8, 4) is 0 Å². The van der Waals surface area contributed by atoms with Crippen LogP contribution in [-0.4, -0.2) is 48.8 Å². The third kappa shape index (κ3) is 4.86. The number of amides is 1. The van der Waals surface area contributed by atoms with E-state index in [0.717, 1.165) is 13.1 Å². The van der Waals surface area contributed by atoms with E-state index in [1.54, 1.807) is 11.0 Å². The lowest BCUT2D eigenvalue weighted by molar-refractivity contribution is -0.765. The minimum absolute atomic E-state index is 0.106. The Morgan fingerprint density at radius 1 is 1.42 bits per heavy atom. The molecule has 1 N–H and O–H groups in total. The first-order chi connectivity index (χ1) is 8.70. The van der Waals surface area contributed by atoms with Crippen LogP contribution in [0.4, 0.5) is 5.88 Å². The first-order valence-corrected chi connectivity index (χ1v) is 6.29. The normalized spacial score (nSPS) is 11.7. The van der Waals surface area contributed by atoms with Gasteiger partial charge in [0.2, 0.25) is 11.2 Å². The molecule has 1 rings (SSSR count). The first kappa shape index (κ1) is 15.4. The van der Waals surface area contributed by atoms with Crippen LogP contribution in [0.3, 0.4) is 0 Å². The first-order valence-electron chi connectivity index (χ1n) is 6.29. The van der Waals surface area contributed by atoms with Crippen molar-refractivity contribution in [1.82, 2.24) is 10.2 Å². The van der Waals surface area contributed by atoms with Gasteiger partial charge in [0.25, 0.3) is 6.20 Å². The third-order valence-electron chi connectivity index (χ3n) is 2.54. The average Bonchev–Trinajstić information content (AvgIpc) is 2.62. The molecule has 0 aromatic carbocycles. The molecule has 0 aliphatic rings. The zero-order valence-electron chi connectivity index (χ0n) is 12.6. The number of carbonyl (C=O) groups excluding carboxylic acids is 1. The number of nitrogens with one attached hydrogen (secondary N) is 1. The number of hydrogen-bond acceptors (Lipinski definition) is 5. The zero-order valence-corrected chi connectivity index (χ0v) is 12.6. The quantitative estimate of drug-likeness (QED) is 0.775. The van der Waals surface area contributed by atoms with Crippen LogP contribution in [0.5, 0.6) is 0 Å². The highest BCUT2D eigenvalue weighted by Crippen LogP contribution is 2.08. The Bertz CT molecular complexity index is 422. The second-order valence-electron chi connectivity index (χ2n) is 5.77. The van der Waals surface area contributed by atoms with Crippen molar-refractivity contribution in [2.75, 3.05) is 37.5 Å². The summed E-state index contributed by atoms with van der Waals surface area (Å²) < 4.78 is 5.08. The lowest BCUT2D eigenvalue weighted by Crippen LogP contribution is -2.68. The Labute approximate surface area is 114 Å². The fourth-order valence-electron chi connectivity index (χ4n) is 1.62. The highest BCUT2D eigenvalue weighted by atomic mass is 16.5. The van der Waals surface area contributed by atoms with E-state index in [1.165, 1.54) is 6.92 Å². The number of anilines is 1. The van der Waals surface area contributed by atoms with E-state index in [-0.39, 0.29) is 11.4 Å². The molecule has 0 unspecified atom stereocenters. The summed E-state index contributed by atoms with van der Waals surface area (Å²) in [5, 5.41) is 8.59. The standard InChI is InChI=1S/C12H23N5O2/c1-10(18)13-11-9-17(14-19-11)16(12(2,3)4)8-7-15(5)6/h9H,7-8H2,1-6H3/p+1. The van der Waals surface area contributed by atoms with E-state index in [0.29, 0.717) is 5.88 Å². The molecule has 0 aliphatic heterocycles. The fraction of sp³-hybridized carbons (Fsp3) is 0.750. The van der Waals surface area contributed by atoms with Gasteiger partial charge in [-0.3, -0.25) is 14.6 Å². The Hall–Kier alpha value is -1.63. The van der Waals surface area contributed by atoms with Crippen molar-refractivity contribution >= 4 is 11.8 Å². The van der Waals surface area contributed by atoms with Crippen molar-refractivity contribution in [2.45, 2.75) is 33.2 Å². The smallest absolute Gasteiger partial charge is 0.305 e. The largest absolute Gasteiger partial charge is 0.307 e. The molecule has 0 aliphatic carbocycles. The molecule has 0 fully saturated rings. The highest BCUT2D eigenvalue weighted by Gasteiger charge is 2.31. The number of nitrogens with zero attached hydrogens (tertiary/aromatic N) is 4. The Balaban J connectivity index is 2.85. The van der Waals surface area contributed by atoms with Crippen LogP contribution in [-0.2, 0) is 4.79 Å². The summed E-state index contributed by atoms with van der Waals surface area (Å²) in [5.74, 6) is 0.158. The van der Waals surface area contributed by atoms with Gasteiger partial charge in [0.15, 0.2) is 0 Å². The van der Waals surface area contributed by atoms with E-state index >= 15 is 0 Å². The molecule has 1 aromatic rings.